The van der Waals surface area contributed by atoms with E-state index >= 15 is 0 Å². The number of amides is 1. The molecule has 1 fully saturated rings. The van der Waals surface area contributed by atoms with E-state index in [1.54, 1.807) is 11.0 Å². The van der Waals surface area contributed by atoms with Crippen molar-refractivity contribution < 1.29 is 18.0 Å². The summed E-state index contributed by atoms with van der Waals surface area (Å²) in [4.78, 5) is 18.1. The Kier molecular flexibility index (Phi) is 3.79. The van der Waals surface area contributed by atoms with Crippen molar-refractivity contribution in [3.05, 3.63) is 23.9 Å². The predicted molar refractivity (Wildman–Crippen MR) is 63.6 cm³/mol. The molecule has 0 aliphatic carbocycles. The van der Waals surface area contributed by atoms with E-state index < -0.39 is 17.6 Å². The second-order valence-corrected chi connectivity index (χ2v) is 4.29. The van der Waals surface area contributed by atoms with E-state index in [0.717, 1.165) is 12.3 Å². The highest BCUT2D eigenvalue weighted by Gasteiger charge is 2.31. The van der Waals surface area contributed by atoms with Crippen LogP contribution in [0.5, 0.6) is 0 Å². The lowest BCUT2D eigenvalue weighted by Crippen LogP contribution is -2.48. The maximum absolute atomic E-state index is 12.4. The van der Waals surface area contributed by atoms with Crippen molar-refractivity contribution in [1.29, 1.82) is 5.26 Å². The molecule has 1 aliphatic heterocycles. The highest BCUT2D eigenvalue weighted by Crippen LogP contribution is 2.29. The third kappa shape index (κ3) is 2.99. The number of carbonyl (C=O) groups is 1. The first-order valence-electron chi connectivity index (χ1n) is 5.89. The molecule has 2 rings (SSSR count). The third-order valence-electron chi connectivity index (χ3n) is 3.06. The molecule has 0 N–H and O–H groups in total. The summed E-state index contributed by atoms with van der Waals surface area (Å²) in [5, 5.41) is 8.50. The first kappa shape index (κ1) is 14.1. The van der Waals surface area contributed by atoms with Gasteiger partial charge in [0, 0.05) is 32.4 Å². The smallest absolute Gasteiger partial charge is 0.353 e. The Hall–Kier alpha value is -2.30. The number of anilines is 1. The summed E-state index contributed by atoms with van der Waals surface area (Å²) in [6.45, 7) is 1.59. The highest BCUT2D eigenvalue weighted by atomic mass is 19.4. The van der Waals surface area contributed by atoms with Crippen LogP contribution in [0, 0.1) is 11.3 Å². The Morgan fingerprint density at radius 3 is 2.35 bits per heavy atom. The molecule has 5 nitrogen and oxygen atoms in total. The zero-order valence-electron chi connectivity index (χ0n) is 10.4. The average molecular weight is 284 g/mol. The molecule has 0 radical (unpaired) electrons. The van der Waals surface area contributed by atoms with Crippen molar-refractivity contribution in [1.82, 2.24) is 9.88 Å². The van der Waals surface area contributed by atoms with Crippen molar-refractivity contribution in [3.63, 3.8) is 0 Å². The van der Waals surface area contributed by atoms with Crippen LogP contribution in [-0.4, -0.2) is 42.0 Å². The number of nitrogens with zero attached hydrogens (tertiary/aromatic N) is 4. The largest absolute Gasteiger partial charge is 0.417 e. The van der Waals surface area contributed by atoms with E-state index in [4.69, 9.17) is 5.26 Å². The van der Waals surface area contributed by atoms with Gasteiger partial charge in [0.1, 0.15) is 5.82 Å². The first-order chi connectivity index (χ1) is 9.41. The van der Waals surface area contributed by atoms with Gasteiger partial charge in [-0.15, -0.1) is 0 Å². The number of hydrogen-bond donors (Lipinski definition) is 0. The molecule has 20 heavy (non-hydrogen) atoms. The molecular weight excluding hydrogens is 273 g/mol. The number of pyridine rings is 1. The number of hydrogen-bond acceptors (Lipinski definition) is 4. The summed E-state index contributed by atoms with van der Waals surface area (Å²) in [7, 11) is 0. The van der Waals surface area contributed by atoms with Crippen molar-refractivity contribution in [3.8, 4) is 6.07 Å². The van der Waals surface area contributed by atoms with Gasteiger partial charge in [0.2, 0.25) is 0 Å². The van der Waals surface area contributed by atoms with Gasteiger partial charge in [-0.2, -0.15) is 18.4 Å². The van der Waals surface area contributed by atoms with Crippen LogP contribution < -0.4 is 4.90 Å². The summed E-state index contributed by atoms with van der Waals surface area (Å²) < 4.78 is 37.2. The van der Waals surface area contributed by atoms with E-state index in [1.807, 2.05) is 0 Å². The number of nitriles is 1. The molecule has 1 aliphatic rings. The number of aromatic nitrogens is 1. The number of alkyl halides is 3. The van der Waals surface area contributed by atoms with Crippen LogP contribution in [0.25, 0.3) is 0 Å². The van der Waals surface area contributed by atoms with E-state index in [9.17, 15) is 18.0 Å². The van der Waals surface area contributed by atoms with Crippen molar-refractivity contribution in [2.24, 2.45) is 0 Å². The summed E-state index contributed by atoms with van der Waals surface area (Å²) in [6, 6.07) is 3.83. The minimum atomic E-state index is -4.40. The van der Waals surface area contributed by atoms with Crippen LogP contribution in [0.1, 0.15) is 5.56 Å². The van der Waals surface area contributed by atoms with Gasteiger partial charge in [0.05, 0.1) is 5.56 Å². The Bertz CT molecular complexity index is 527. The van der Waals surface area contributed by atoms with Gasteiger partial charge >= 0.3 is 12.1 Å². The molecule has 0 unspecified atom stereocenters. The average Bonchev–Trinajstić information content (AvgIpc) is 2.46. The molecule has 106 valence electrons. The monoisotopic (exact) mass is 284 g/mol. The van der Waals surface area contributed by atoms with E-state index in [-0.39, 0.29) is 0 Å². The second kappa shape index (κ2) is 5.36. The van der Waals surface area contributed by atoms with Gasteiger partial charge in [0.15, 0.2) is 6.07 Å². The molecule has 1 aromatic heterocycles. The standard InChI is InChI=1S/C12H11F3N4O/c13-12(14,15)9-1-2-10(17-8-9)18-3-5-19(6-4-18)11(20)7-16/h1-2,8H,3-6H2. The minimum Gasteiger partial charge on any atom is -0.353 e. The number of piperazine rings is 1. The predicted octanol–water partition coefficient (Wildman–Crippen LogP) is 1.27. The Labute approximate surface area is 113 Å². The fourth-order valence-electron chi connectivity index (χ4n) is 1.95. The van der Waals surface area contributed by atoms with Gasteiger partial charge in [-0.25, -0.2) is 4.98 Å². The van der Waals surface area contributed by atoms with Gasteiger partial charge in [-0.3, -0.25) is 4.79 Å². The molecule has 0 saturated carbocycles. The van der Waals surface area contributed by atoms with Crippen LogP contribution in [0.4, 0.5) is 19.0 Å². The van der Waals surface area contributed by atoms with Gasteiger partial charge in [-0.1, -0.05) is 0 Å². The molecule has 0 spiro atoms. The van der Waals surface area contributed by atoms with Crippen molar-refractivity contribution in [2.75, 3.05) is 31.1 Å². The Morgan fingerprint density at radius 1 is 1.25 bits per heavy atom. The minimum absolute atomic E-state index is 0.356. The lowest BCUT2D eigenvalue weighted by Gasteiger charge is -2.34. The Balaban J connectivity index is 2.01. The summed E-state index contributed by atoms with van der Waals surface area (Å²) in [5.41, 5.74) is -0.792. The van der Waals surface area contributed by atoms with E-state index in [2.05, 4.69) is 4.98 Å². The fourth-order valence-corrected chi connectivity index (χ4v) is 1.95. The maximum atomic E-state index is 12.4. The lowest BCUT2D eigenvalue weighted by molar-refractivity contribution is -0.137. The van der Waals surface area contributed by atoms with Gasteiger partial charge < -0.3 is 9.80 Å². The summed E-state index contributed by atoms with van der Waals surface area (Å²) in [5.74, 6) is -0.160. The normalized spacial score (nSPS) is 15.9. The maximum Gasteiger partial charge on any atom is 0.417 e. The Morgan fingerprint density at radius 2 is 1.90 bits per heavy atom. The number of halogens is 3. The molecule has 0 aromatic carbocycles. The third-order valence-corrected chi connectivity index (χ3v) is 3.06. The summed E-state index contributed by atoms with van der Waals surface area (Å²) in [6.07, 6.45) is -3.61. The SMILES string of the molecule is N#CC(=O)N1CCN(c2ccc(C(F)(F)F)cn2)CC1. The van der Waals surface area contributed by atoms with E-state index in [0.29, 0.717) is 32.0 Å². The molecule has 1 amide bonds. The number of carbonyl (C=O) groups excluding carboxylic acids is 1. The molecule has 8 heteroatoms. The second-order valence-electron chi connectivity index (χ2n) is 4.29. The zero-order chi connectivity index (χ0) is 14.8. The van der Waals surface area contributed by atoms with Crippen LogP contribution >= 0.6 is 0 Å². The molecule has 1 aromatic rings. The van der Waals surface area contributed by atoms with Crippen LogP contribution in [0.2, 0.25) is 0 Å². The quantitative estimate of drug-likeness (QED) is 0.729. The topological polar surface area (TPSA) is 60.2 Å². The summed E-state index contributed by atoms with van der Waals surface area (Å²) >= 11 is 0. The van der Waals surface area contributed by atoms with Crippen LogP contribution in [-0.2, 0) is 11.0 Å². The molecule has 1 saturated heterocycles. The lowest BCUT2D eigenvalue weighted by atomic mass is 10.2. The van der Waals surface area contributed by atoms with Crippen LogP contribution in [0.15, 0.2) is 18.3 Å². The van der Waals surface area contributed by atoms with Crippen molar-refractivity contribution >= 4 is 11.7 Å². The van der Waals surface area contributed by atoms with Gasteiger partial charge in [-0.05, 0) is 12.1 Å². The van der Waals surface area contributed by atoms with Crippen LogP contribution in [0.3, 0.4) is 0 Å². The molecule has 0 atom stereocenters. The molecule has 0 bridgehead atoms. The molecule has 2 heterocycles. The van der Waals surface area contributed by atoms with Gasteiger partial charge in [0.25, 0.3) is 0 Å². The highest BCUT2D eigenvalue weighted by molar-refractivity contribution is 5.91. The molecular formula is C12H11F3N4O. The first-order valence-corrected chi connectivity index (χ1v) is 5.89. The fraction of sp³-hybridized carbons (Fsp3) is 0.417. The zero-order valence-corrected chi connectivity index (χ0v) is 10.4. The number of rotatable bonds is 1. The van der Waals surface area contributed by atoms with E-state index in [1.165, 1.54) is 11.0 Å². The van der Waals surface area contributed by atoms with Crippen molar-refractivity contribution in [2.45, 2.75) is 6.18 Å².